The highest BCUT2D eigenvalue weighted by Gasteiger charge is 2.20. The Balaban J connectivity index is 2.33. The van der Waals surface area contributed by atoms with Crippen LogP contribution in [0.5, 0.6) is 0 Å². The minimum Gasteiger partial charge on any atom is -0.315 e. The summed E-state index contributed by atoms with van der Waals surface area (Å²) in [6, 6.07) is 5.16. The molecule has 1 heterocycles. The minimum absolute atomic E-state index is 0.0979. The van der Waals surface area contributed by atoms with Crippen LogP contribution in [0.3, 0.4) is 0 Å². The third kappa shape index (κ3) is 3.94. The first-order valence-corrected chi connectivity index (χ1v) is 8.72. The average Bonchev–Trinajstić information content (AvgIpc) is 2.69. The average molecular weight is 349 g/mol. The lowest BCUT2D eigenvalue weighted by Crippen LogP contribution is -2.13. The van der Waals surface area contributed by atoms with Crippen molar-refractivity contribution >= 4 is 38.6 Å². The normalized spacial score (nSPS) is 11.6. The molecule has 0 atom stereocenters. The molecule has 0 aliphatic rings. The van der Waals surface area contributed by atoms with Crippen molar-refractivity contribution in [2.24, 2.45) is 0 Å². The van der Waals surface area contributed by atoms with Gasteiger partial charge < -0.3 is 5.32 Å². The summed E-state index contributed by atoms with van der Waals surface area (Å²) in [7, 11) is -1.98. The van der Waals surface area contributed by atoms with E-state index >= 15 is 0 Å². The molecule has 0 saturated carbocycles. The van der Waals surface area contributed by atoms with Crippen molar-refractivity contribution in [1.82, 2.24) is 5.32 Å². The van der Waals surface area contributed by atoms with Crippen LogP contribution in [-0.4, -0.2) is 15.5 Å². The van der Waals surface area contributed by atoms with Crippen molar-refractivity contribution in [3.63, 3.8) is 0 Å². The molecule has 0 aliphatic carbocycles. The van der Waals surface area contributed by atoms with Crippen LogP contribution in [0.4, 0.5) is 10.1 Å². The zero-order chi connectivity index (χ0) is 15.6. The fourth-order valence-electron chi connectivity index (χ4n) is 1.88. The monoisotopic (exact) mass is 348 g/mol. The van der Waals surface area contributed by atoms with E-state index in [1.54, 1.807) is 20.0 Å². The quantitative estimate of drug-likeness (QED) is 0.871. The highest BCUT2D eigenvalue weighted by molar-refractivity contribution is 7.93. The fraction of sp³-hybridized carbons (Fsp3) is 0.231. The molecule has 2 rings (SSSR count). The number of thiophene rings is 1. The van der Waals surface area contributed by atoms with E-state index in [-0.39, 0.29) is 15.6 Å². The third-order valence-electron chi connectivity index (χ3n) is 2.68. The van der Waals surface area contributed by atoms with Gasteiger partial charge in [-0.2, -0.15) is 0 Å². The summed E-state index contributed by atoms with van der Waals surface area (Å²) >= 11 is 7.12. The predicted octanol–water partition coefficient (Wildman–Crippen LogP) is 3.37. The Bertz CT molecular complexity index is 739. The lowest BCUT2D eigenvalue weighted by molar-refractivity contribution is 0.601. The van der Waals surface area contributed by atoms with Crippen LogP contribution in [0, 0.1) is 12.7 Å². The zero-order valence-corrected chi connectivity index (χ0v) is 13.8. The Labute approximate surface area is 132 Å². The van der Waals surface area contributed by atoms with Crippen molar-refractivity contribution < 1.29 is 12.8 Å². The van der Waals surface area contributed by atoms with E-state index in [9.17, 15) is 12.8 Å². The number of aryl methyl sites for hydroxylation is 1. The summed E-state index contributed by atoms with van der Waals surface area (Å²) in [5.74, 6) is -0.599. The van der Waals surface area contributed by atoms with Gasteiger partial charge in [0.05, 0.1) is 5.69 Å². The number of nitrogens with one attached hydrogen (secondary N) is 2. The van der Waals surface area contributed by atoms with E-state index in [0.29, 0.717) is 11.4 Å². The Morgan fingerprint density at radius 1 is 1.29 bits per heavy atom. The highest BCUT2D eigenvalue weighted by Crippen LogP contribution is 2.28. The molecule has 0 radical (unpaired) electrons. The van der Waals surface area contributed by atoms with Crippen LogP contribution in [0.1, 0.15) is 9.75 Å². The Kier molecular flexibility index (Phi) is 4.88. The number of benzene rings is 1. The molecule has 0 bridgehead atoms. The van der Waals surface area contributed by atoms with E-state index < -0.39 is 15.8 Å². The van der Waals surface area contributed by atoms with Gasteiger partial charge in [-0.1, -0.05) is 11.6 Å². The third-order valence-corrected chi connectivity index (χ3v) is 5.58. The van der Waals surface area contributed by atoms with Gasteiger partial charge in [-0.25, -0.2) is 12.8 Å². The molecule has 2 aromatic rings. The molecule has 0 fully saturated rings. The second-order valence-electron chi connectivity index (χ2n) is 4.43. The lowest BCUT2D eigenvalue weighted by atomic mass is 10.3. The van der Waals surface area contributed by atoms with Gasteiger partial charge in [-0.15, -0.1) is 11.3 Å². The minimum atomic E-state index is -3.77. The topological polar surface area (TPSA) is 58.2 Å². The van der Waals surface area contributed by atoms with Crippen molar-refractivity contribution in [1.29, 1.82) is 0 Å². The van der Waals surface area contributed by atoms with Crippen molar-refractivity contribution in [3.05, 3.63) is 44.9 Å². The molecule has 114 valence electrons. The summed E-state index contributed by atoms with van der Waals surface area (Å²) < 4.78 is 40.4. The second-order valence-corrected chi connectivity index (χ2v) is 7.86. The Morgan fingerprint density at radius 2 is 2.00 bits per heavy atom. The van der Waals surface area contributed by atoms with Gasteiger partial charge in [-0.05, 0) is 38.2 Å². The Hall–Kier alpha value is -1.15. The molecule has 1 aromatic carbocycles. The van der Waals surface area contributed by atoms with Gasteiger partial charge in [0, 0.05) is 21.3 Å². The Morgan fingerprint density at radius 3 is 2.62 bits per heavy atom. The second kappa shape index (κ2) is 6.31. The van der Waals surface area contributed by atoms with Gasteiger partial charge >= 0.3 is 0 Å². The van der Waals surface area contributed by atoms with Gasteiger partial charge in [0.25, 0.3) is 10.0 Å². The zero-order valence-electron chi connectivity index (χ0n) is 11.4. The molecule has 0 amide bonds. The van der Waals surface area contributed by atoms with E-state index in [0.717, 1.165) is 17.0 Å². The van der Waals surface area contributed by atoms with E-state index in [4.69, 9.17) is 11.6 Å². The molecular weight excluding hydrogens is 335 g/mol. The van der Waals surface area contributed by atoms with Crippen molar-refractivity contribution in [3.8, 4) is 0 Å². The number of halogens is 2. The van der Waals surface area contributed by atoms with Gasteiger partial charge in [0.15, 0.2) is 0 Å². The van der Waals surface area contributed by atoms with Crippen LogP contribution >= 0.6 is 22.9 Å². The molecule has 1 aromatic heterocycles. The summed E-state index contributed by atoms with van der Waals surface area (Å²) in [6.45, 7) is 2.32. The number of anilines is 1. The molecule has 0 aliphatic heterocycles. The fourth-order valence-corrected chi connectivity index (χ4v) is 4.79. The molecular formula is C13H14ClFN2O2S2. The maximum absolute atomic E-state index is 13.3. The number of hydrogen-bond acceptors (Lipinski definition) is 4. The first kappa shape index (κ1) is 16.2. The van der Waals surface area contributed by atoms with Crippen LogP contribution in [0.25, 0.3) is 0 Å². The molecule has 0 unspecified atom stereocenters. The molecule has 0 spiro atoms. The van der Waals surface area contributed by atoms with E-state index in [1.165, 1.54) is 17.4 Å². The smallest absolute Gasteiger partial charge is 0.263 e. The van der Waals surface area contributed by atoms with Gasteiger partial charge in [0.1, 0.15) is 10.7 Å². The molecule has 8 heteroatoms. The van der Waals surface area contributed by atoms with Crippen LogP contribution in [-0.2, 0) is 16.6 Å². The maximum Gasteiger partial charge on any atom is 0.263 e. The van der Waals surface area contributed by atoms with E-state index in [1.807, 2.05) is 0 Å². The van der Waals surface area contributed by atoms with Crippen LogP contribution in [0.2, 0.25) is 5.02 Å². The maximum atomic E-state index is 13.3. The van der Waals surface area contributed by atoms with Gasteiger partial charge in [0.2, 0.25) is 0 Å². The lowest BCUT2D eigenvalue weighted by Gasteiger charge is -2.08. The number of rotatable bonds is 5. The van der Waals surface area contributed by atoms with Crippen molar-refractivity contribution in [2.45, 2.75) is 18.4 Å². The molecule has 2 N–H and O–H groups in total. The summed E-state index contributed by atoms with van der Waals surface area (Å²) in [6.07, 6.45) is 0. The first-order chi connectivity index (χ1) is 9.81. The number of hydrogen-bond donors (Lipinski definition) is 2. The van der Waals surface area contributed by atoms with Crippen LogP contribution in [0.15, 0.2) is 29.2 Å². The predicted molar refractivity (Wildman–Crippen MR) is 84.0 cm³/mol. The van der Waals surface area contributed by atoms with Gasteiger partial charge in [-0.3, -0.25) is 4.72 Å². The van der Waals surface area contributed by atoms with Crippen molar-refractivity contribution in [2.75, 3.05) is 11.8 Å². The summed E-state index contributed by atoms with van der Waals surface area (Å²) in [5.41, 5.74) is 0.0979. The SMILES string of the molecule is CNCc1cc(S(=O)(=O)Nc2cc(F)cc(Cl)c2)c(C)s1. The number of sulfonamides is 1. The van der Waals surface area contributed by atoms with E-state index in [2.05, 4.69) is 10.0 Å². The summed E-state index contributed by atoms with van der Waals surface area (Å²) in [4.78, 5) is 1.78. The largest absolute Gasteiger partial charge is 0.315 e. The molecule has 0 saturated heterocycles. The van der Waals surface area contributed by atoms with Crippen LogP contribution < -0.4 is 10.0 Å². The summed E-state index contributed by atoms with van der Waals surface area (Å²) in [5, 5.41) is 3.10. The highest BCUT2D eigenvalue weighted by atomic mass is 35.5. The molecule has 21 heavy (non-hydrogen) atoms. The molecule has 4 nitrogen and oxygen atoms in total. The standard InChI is InChI=1S/C13H14ClFN2O2S2/c1-8-13(6-12(20-8)7-16-2)21(18,19)17-11-4-9(14)3-10(15)5-11/h3-6,16-17H,7H2,1-2H3. The first-order valence-electron chi connectivity index (χ1n) is 6.04.